The molecular formula is C22H23N3O. The molecular weight excluding hydrogens is 322 g/mol. The van der Waals surface area contributed by atoms with Gasteiger partial charge in [-0.1, -0.05) is 48.6 Å². The molecule has 0 atom stereocenters. The molecule has 1 aliphatic heterocycles. The van der Waals surface area contributed by atoms with Crippen molar-refractivity contribution in [3.05, 3.63) is 78.0 Å². The maximum absolute atomic E-state index is 12.8. The van der Waals surface area contributed by atoms with Crippen molar-refractivity contribution < 1.29 is 4.79 Å². The molecule has 4 rings (SSSR count). The summed E-state index contributed by atoms with van der Waals surface area (Å²) >= 11 is 0. The van der Waals surface area contributed by atoms with E-state index in [1.807, 2.05) is 41.4 Å². The van der Waals surface area contributed by atoms with Crippen LogP contribution in [0.1, 0.15) is 15.9 Å². The van der Waals surface area contributed by atoms with Gasteiger partial charge in [0.1, 0.15) is 0 Å². The number of benzene rings is 2. The van der Waals surface area contributed by atoms with Gasteiger partial charge in [0.15, 0.2) is 0 Å². The van der Waals surface area contributed by atoms with Gasteiger partial charge in [-0.15, -0.1) is 0 Å². The molecule has 0 saturated carbocycles. The number of piperazine rings is 1. The van der Waals surface area contributed by atoms with Crippen LogP contribution < -0.4 is 0 Å². The number of rotatable bonds is 4. The summed E-state index contributed by atoms with van der Waals surface area (Å²) in [6.07, 6.45) is 6.26. The van der Waals surface area contributed by atoms with Crippen LogP contribution >= 0.6 is 0 Å². The molecule has 1 saturated heterocycles. The largest absolute Gasteiger partial charge is 0.361 e. The van der Waals surface area contributed by atoms with E-state index in [2.05, 4.69) is 46.3 Å². The van der Waals surface area contributed by atoms with Crippen molar-refractivity contribution in [1.82, 2.24) is 14.8 Å². The van der Waals surface area contributed by atoms with Gasteiger partial charge >= 0.3 is 0 Å². The maximum Gasteiger partial charge on any atom is 0.254 e. The fourth-order valence-electron chi connectivity index (χ4n) is 3.40. The highest BCUT2D eigenvalue weighted by molar-refractivity contribution is 5.98. The Morgan fingerprint density at radius 2 is 1.81 bits per heavy atom. The Hall–Kier alpha value is -2.85. The van der Waals surface area contributed by atoms with Crippen LogP contribution in [0, 0.1) is 0 Å². The minimum absolute atomic E-state index is 0.126. The summed E-state index contributed by atoms with van der Waals surface area (Å²) in [5.41, 5.74) is 3.00. The summed E-state index contributed by atoms with van der Waals surface area (Å²) in [5.74, 6) is 0.126. The van der Waals surface area contributed by atoms with Crippen molar-refractivity contribution in [3.8, 4) is 0 Å². The van der Waals surface area contributed by atoms with E-state index in [0.717, 1.165) is 49.2 Å². The van der Waals surface area contributed by atoms with Gasteiger partial charge in [0, 0.05) is 50.0 Å². The highest BCUT2D eigenvalue weighted by Gasteiger charge is 2.21. The second-order valence-electron chi connectivity index (χ2n) is 6.69. The number of aromatic nitrogens is 1. The molecule has 1 amide bonds. The van der Waals surface area contributed by atoms with Gasteiger partial charge in [0.2, 0.25) is 0 Å². The number of carbonyl (C=O) groups excluding carboxylic acids is 1. The van der Waals surface area contributed by atoms with Crippen LogP contribution in [0.15, 0.2) is 66.9 Å². The van der Waals surface area contributed by atoms with Crippen LogP contribution in [-0.4, -0.2) is 53.4 Å². The van der Waals surface area contributed by atoms with E-state index in [1.165, 1.54) is 5.56 Å². The molecule has 1 aliphatic rings. The Balaban J connectivity index is 1.31. The number of amides is 1. The molecule has 132 valence electrons. The monoisotopic (exact) mass is 345 g/mol. The number of nitrogens with zero attached hydrogens (tertiary/aromatic N) is 2. The summed E-state index contributed by atoms with van der Waals surface area (Å²) in [7, 11) is 0. The summed E-state index contributed by atoms with van der Waals surface area (Å²) in [4.78, 5) is 20.3. The first-order valence-electron chi connectivity index (χ1n) is 9.10. The van der Waals surface area contributed by atoms with E-state index in [0.29, 0.717) is 0 Å². The Kier molecular flexibility index (Phi) is 4.84. The summed E-state index contributed by atoms with van der Waals surface area (Å²) in [5, 5.41) is 1.14. The fourth-order valence-corrected chi connectivity index (χ4v) is 3.40. The van der Waals surface area contributed by atoms with E-state index < -0.39 is 0 Å². The van der Waals surface area contributed by atoms with Crippen LogP contribution in [0.25, 0.3) is 17.0 Å². The number of fused-ring (bicyclic) bond motifs is 1. The standard InChI is InChI=1S/C22H23N3O/c26-22(20-9-8-19-10-11-23-21(19)17-20)25-15-13-24(14-16-25)12-4-7-18-5-2-1-3-6-18/h1-11,17,23H,12-16H2. The minimum Gasteiger partial charge on any atom is -0.361 e. The Labute approximate surface area is 153 Å². The predicted molar refractivity (Wildman–Crippen MR) is 106 cm³/mol. The highest BCUT2D eigenvalue weighted by atomic mass is 16.2. The first-order valence-corrected chi connectivity index (χ1v) is 9.10. The molecule has 4 heteroatoms. The van der Waals surface area contributed by atoms with Gasteiger partial charge < -0.3 is 9.88 Å². The van der Waals surface area contributed by atoms with E-state index in [4.69, 9.17) is 0 Å². The zero-order valence-corrected chi connectivity index (χ0v) is 14.8. The lowest BCUT2D eigenvalue weighted by atomic mass is 10.1. The lowest BCUT2D eigenvalue weighted by molar-refractivity contribution is 0.0650. The normalized spacial score (nSPS) is 15.8. The lowest BCUT2D eigenvalue weighted by Crippen LogP contribution is -2.48. The molecule has 0 aliphatic carbocycles. The molecule has 3 aromatic rings. The topological polar surface area (TPSA) is 39.3 Å². The SMILES string of the molecule is O=C(c1ccc2cc[nH]c2c1)N1CCN(CC=Cc2ccccc2)CC1. The van der Waals surface area contributed by atoms with E-state index >= 15 is 0 Å². The second-order valence-corrected chi connectivity index (χ2v) is 6.69. The number of aromatic amines is 1. The average Bonchev–Trinajstić information content (AvgIpc) is 3.17. The van der Waals surface area contributed by atoms with Crippen LogP contribution in [-0.2, 0) is 0 Å². The quantitative estimate of drug-likeness (QED) is 0.784. The zero-order chi connectivity index (χ0) is 17.8. The van der Waals surface area contributed by atoms with Gasteiger partial charge in [0.05, 0.1) is 0 Å². The van der Waals surface area contributed by atoms with Crippen LogP contribution in [0.3, 0.4) is 0 Å². The smallest absolute Gasteiger partial charge is 0.254 e. The first kappa shape index (κ1) is 16.6. The molecule has 4 nitrogen and oxygen atoms in total. The highest BCUT2D eigenvalue weighted by Crippen LogP contribution is 2.16. The summed E-state index contributed by atoms with van der Waals surface area (Å²) in [6.45, 7) is 4.30. The van der Waals surface area contributed by atoms with E-state index in [9.17, 15) is 4.79 Å². The third-order valence-corrected chi connectivity index (χ3v) is 4.93. The number of H-pyrrole nitrogens is 1. The predicted octanol–water partition coefficient (Wildman–Crippen LogP) is 3.64. The molecule has 2 aromatic carbocycles. The van der Waals surface area contributed by atoms with Crippen molar-refractivity contribution in [2.45, 2.75) is 0 Å². The third-order valence-electron chi connectivity index (χ3n) is 4.93. The number of carbonyl (C=O) groups is 1. The van der Waals surface area contributed by atoms with Crippen LogP contribution in [0.4, 0.5) is 0 Å². The lowest BCUT2D eigenvalue weighted by Gasteiger charge is -2.34. The molecule has 1 fully saturated rings. The van der Waals surface area contributed by atoms with Gasteiger partial charge in [-0.05, 0) is 29.1 Å². The van der Waals surface area contributed by atoms with Crippen LogP contribution in [0.5, 0.6) is 0 Å². The third kappa shape index (κ3) is 3.70. The van der Waals surface area contributed by atoms with Crippen molar-refractivity contribution in [1.29, 1.82) is 0 Å². The molecule has 0 spiro atoms. The molecule has 0 radical (unpaired) electrons. The fraction of sp³-hybridized carbons (Fsp3) is 0.227. The molecule has 1 N–H and O–H groups in total. The van der Waals surface area contributed by atoms with Gasteiger partial charge in [0.25, 0.3) is 5.91 Å². The van der Waals surface area contributed by atoms with Crippen molar-refractivity contribution >= 4 is 22.9 Å². The van der Waals surface area contributed by atoms with Gasteiger partial charge in [-0.25, -0.2) is 0 Å². The number of nitrogens with one attached hydrogen (secondary N) is 1. The zero-order valence-electron chi connectivity index (χ0n) is 14.8. The Bertz CT molecular complexity index is 905. The number of hydrogen-bond acceptors (Lipinski definition) is 2. The first-order chi connectivity index (χ1) is 12.8. The molecule has 0 bridgehead atoms. The molecule has 26 heavy (non-hydrogen) atoms. The molecule has 2 heterocycles. The average molecular weight is 345 g/mol. The number of hydrogen-bond donors (Lipinski definition) is 1. The van der Waals surface area contributed by atoms with Crippen molar-refractivity contribution in [2.75, 3.05) is 32.7 Å². The minimum atomic E-state index is 0.126. The van der Waals surface area contributed by atoms with Gasteiger partial charge in [-0.3, -0.25) is 9.69 Å². The summed E-state index contributed by atoms with van der Waals surface area (Å²) in [6, 6.07) is 18.2. The van der Waals surface area contributed by atoms with Crippen molar-refractivity contribution in [3.63, 3.8) is 0 Å². The Morgan fingerprint density at radius 1 is 1.00 bits per heavy atom. The maximum atomic E-state index is 12.8. The van der Waals surface area contributed by atoms with Crippen LogP contribution in [0.2, 0.25) is 0 Å². The molecule has 0 unspecified atom stereocenters. The van der Waals surface area contributed by atoms with Crippen molar-refractivity contribution in [2.24, 2.45) is 0 Å². The molecule has 1 aromatic heterocycles. The van der Waals surface area contributed by atoms with E-state index in [-0.39, 0.29) is 5.91 Å². The Morgan fingerprint density at radius 3 is 2.62 bits per heavy atom. The summed E-state index contributed by atoms with van der Waals surface area (Å²) < 4.78 is 0. The second kappa shape index (κ2) is 7.58. The van der Waals surface area contributed by atoms with Gasteiger partial charge in [-0.2, -0.15) is 0 Å². The van der Waals surface area contributed by atoms with E-state index in [1.54, 1.807) is 0 Å².